The van der Waals surface area contributed by atoms with Crippen molar-refractivity contribution < 1.29 is 9.53 Å². The van der Waals surface area contributed by atoms with Crippen molar-refractivity contribution in [1.82, 2.24) is 10.3 Å². The second-order valence-electron chi connectivity index (χ2n) is 6.01. The summed E-state index contributed by atoms with van der Waals surface area (Å²) in [6.07, 6.45) is 4.08. The molecule has 1 aromatic heterocycles. The Bertz CT molecular complexity index is 732. The maximum atomic E-state index is 12.0. The fourth-order valence-electron chi connectivity index (χ4n) is 2.71. The Hall–Kier alpha value is -1.82. The fraction of sp³-hybridized carbons (Fsp3) is 0.333. The number of benzene rings is 1. The van der Waals surface area contributed by atoms with E-state index in [1.54, 1.807) is 30.3 Å². The zero-order chi connectivity index (χ0) is 17.6. The maximum Gasteiger partial charge on any atom is 0.238 e. The molecule has 2 N–H and O–H groups in total. The molecular weight excluding hydrogens is 361 g/mol. The summed E-state index contributed by atoms with van der Waals surface area (Å²) in [6.45, 7) is 2.07. The number of nitrogens with zero attached hydrogens (tertiary/aromatic N) is 1. The fourth-order valence-corrected chi connectivity index (χ4v) is 3.13. The molecule has 0 saturated carbocycles. The number of hydrogen-bond donors (Lipinski definition) is 2. The molecule has 3 rings (SSSR count). The van der Waals surface area contributed by atoms with Gasteiger partial charge < -0.3 is 15.4 Å². The van der Waals surface area contributed by atoms with Gasteiger partial charge in [-0.3, -0.25) is 4.79 Å². The minimum atomic E-state index is 0.0305. The van der Waals surface area contributed by atoms with Gasteiger partial charge in [0.1, 0.15) is 10.8 Å². The number of rotatable bonds is 6. The van der Waals surface area contributed by atoms with Gasteiger partial charge in [0.2, 0.25) is 11.8 Å². The minimum Gasteiger partial charge on any atom is -0.438 e. The zero-order valence-corrected chi connectivity index (χ0v) is 15.1. The number of hydrogen-bond acceptors (Lipinski definition) is 4. The number of halogens is 2. The molecule has 1 aliphatic heterocycles. The lowest BCUT2D eigenvalue weighted by Gasteiger charge is -2.10. The van der Waals surface area contributed by atoms with E-state index < -0.39 is 0 Å². The van der Waals surface area contributed by atoms with Crippen molar-refractivity contribution in [2.75, 3.05) is 18.4 Å². The molecule has 2 heterocycles. The number of pyridine rings is 1. The van der Waals surface area contributed by atoms with Gasteiger partial charge in [0.15, 0.2) is 0 Å². The second kappa shape index (κ2) is 8.52. The molecule has 2 aromatic rings. The summed E-state index contributed by atoms with van der Waals surface area (Å²) in [6, 6.07) is 8.65. The SMILES string of the molecule is O=C(CCC1CCNC1)Nc1ccc(Oc2ncc(Cl)cc2Cl)cc1. The average Bonchev–Trinajstić information content (AvgIpc) is 3.11. The summed E-state index contributed by atoms with van der Waals surface area (Å²) in [5.74, 6) is 1.50. The van der Waals surface area contributed by atoms with Gasteiger partial charge in [-0.25, -0.2) is 4.98 Å². The topological polar surface area (TPSA) is 63.2 Å². The highest BCUT2D eigenvalue weighted by molar-refractivity contribution is 6.35. The van der Waals surface area contributed by atoms with Crippen LogP contribution in [-0.2, 0) is 4.79 Å². The molecule has 1 aliphatic rings. The van der Waals surface area contributed by atoms with Crippen molar-refractivity contribution in [1.29, 1.82) is 0 Å². The molecule has 1 saturated heterocycles. The number of aromatic nitrogens is 1. The average molecular weight is 380 g/mol. The van der Waals surface area contributed by atoms with Crippen molar-refractivity contribution in [3.8, 4) is 11.6 Å². The van der Waals surface area contributed by atoms with E-state index in [0.29, 0.717) is 28.1 Å². The van der Waals surface area contributed by atoms with Crippen LogP contribution in [-0.4, -0.2) is 24.0 Å². The van der Waals surface area contributed by atoms with Crippen LogP contribution in [0.1, 0.15) is 19.3 Å². The zero-order valence-electron chi connectivity index (χ0n) is 13.6. The van der Waals surface area contributed by atoms with Crippen LogP contribution in [0.4, 0.5) is 5.69 Å². The third-order valence-electron chi connectivity index (χ3n) is 4.07. The summed E-state index contributed by atoms with van der Waals surface area (Å²) < 4.78 is 5.62. The summed E-state index contributed by atoms with van der Waals surface area (Å²) in [7, 11) is 0. The molecule has 0 bridgehead atoms. The summed E-state index contributed by atoms with van der Waals surface area (Å²) in [5, 5.41) is 7.00. The first-order chi connectivity index (χ1) is 12.1. The van der Waals surface area contributed by atoms with E-state index in [2.05, 4.69) is 15.6 Å². The molecule has 0 radical (unpaired) electrons. The molecular formula is C18H19Cl2N3O2. The van der Waals surface area contributed by atoms with E-state index in [4.69, 9.17) is 27.9 Å². The van der Waals surface area contributed by atoms with Crippen molar-refractivity contribution in [3.63, 3.8) is 0 Å². The number of nitrogens with one attached hydrogen (secondary N) is 2. The Kier molecular flexibility index (Phi) is 6.13. The van der Waals surface area contributed by atoms with Gasteiger partial charge in [-0.2, -0.15) is 0 Å². The van der Waals surface area contributed by atoms with Crippen LogP contribution in [0.5, 0.6) is 11.6 Å². The largest absolute Gasteiger partial charge is 0.438 e. The van der Waals surface area contributed by atoms with Gasteiger partial charge in [-0.05, 0) is 62.2 Å². The highest BCUT2D eigenvalue weighted by atomic mass is 35.5. The Morgan fingerprint density at radius 3 is 2.80 bits per heavy atom. The predicted molar refractivity (Wildman–Crippen MR) is 99.6 cm³/mol. The smallest absolute Gasteiger partial charge is 0.238 e. The third kappa shape index (κ3) is 5.33. The van der Waals surface area contributed by atoms with Crippen LogP contribution >= 0.6 is 23.2 Å². The number of carbonyl (C=O) groups excluding carboxylic acids is 1. The molecule has 1 aromatic carbocycles. The van der Waals surface area contributed by atoms with Crippen LogP contribution in [0, 0.1) is 5.92 Å². The van der Waals surface area contributed by atoms with Gasteiger partial charge in [0, 0.05) is 18.3 Å². The number of anilines is 1. The molecule has 25 heavy (non-hydrogen) atoms. The van der Waals surface area contributed by atoms with Crippen LogP contribution in [0.15, 0.2) is 36.5 Å². The first kappa shape index (κ1) is 18.0. The summed E-state index contributed by atoms with van der Waals surface area (Å²) >= 11 is 11.8. The summed E-state index contributed by atoms with van der Waals surface area (Å²) in [5.41, 5.74) is 0.733. The van der Waals surface area contributed by atoms with Gasteiger partial charge in [-0.15, -0.1) is 0 Å². The lowest BCUT2D eigenvalue weighted by atomic mass is 10.0. The molecule has 1 fully saturated rings. The van der Waals surface area contributed by atoms with E-state index in [0.717, 1.165) is 31.6 Å². The van der Waals surface area contributed by atoms with E-state index in [-0.39, 0.29) is 11.8 Å². The maximum absolute atomic E-state index is 12.0. The number of ether oxygens (including phenoxy) is 1. The molecule has 5 nitrogen and oxygen atoms in total. The highest BCUT2D eigenvalue weighted by Crippen LogP contribution is 2.29. The lowest BCUT2D eigenvalue weighted by Crippen LogP contribution is -2.14. The van der Waals surface area contributed by atoms with Crippen molar-refractivity contribution in [3.05, 3.63) is 46.6 Å². The molecule has 0 spiro atoms. The van der Waals surface area contributed by atoms with Crippen molar-refractivity contribution in [2.45, 2.75) is 19.3 Å². The Morgan fingerprint density at radius 1 is 1.32 bits per heavy atom. The normalized spacial score (nSPS) is 16.6. The van der Waals surface area contributed by atoms with Gasteiger partial charge in [-0.1, -0.05) is 23.2 Å². The molecule has 1 atom stereocenters. The standard InChI is InChI=1S/C18H19Cl2N3O2/c19-13-9-16(20)18(22-11-13)25-15-4-2-14(3-5-15)23-17(24)6-1-12-7-8-21-10-12/h2-5,9,11-12,21H,1,6-8,10H2,(H,23,24). The molecule has 7 heteroatoms. The molecule has 132 valence electrons. The van der Waals surface area contributed by atoms with E-state index >= 15 is 0 Å². The van der Waals surface area contributed by atoms with E-state index in [1.807, 2.05) is 0 Å². The van der Waals surface area contributed by atoms with Gasteiger partial charge >= 0.3 is 0 Å². The van der Waals surface area contributed by atoms with Crippen LogP contribution in [0.3, 0.4) is 0 Å². The van der Waals surface area contributed by atoms with Gasteiger partial charge in [0.05, 0.1) is 5.02 Å². The van der Waals surface area contributed by atoms with Crippen LogP contribution in [0.2, 0.25) is 10.0 Å². The molecule has 1 unspecified atom stereocenters. The van der Waals surface area contributed by atoms with Crippen LogP contribution < -0.4 is 15.4 Å². The highest BCUT2D eigenvalue weighted by Gasteiger charge is 2.15. The first-order valence-electron chi connectivity index (χ1n) is 8.19. The Labute approximate surface area is 156 Å². The van der Waals surface area contributed by atoms with Crippen molar-refractivity contribution in [2.24, 2.45) is 5.92 Å². The Balaban J connectivity index is 1.52. The predicted octanol–water partition coefficient (Wildman–Crippen LogP) is 4.51. The van der Waals surface area contributed by atoms with E-state index in [9.17, 15) is 4.79 Å². The number of carbonyl (C=O) groups is 1. The minimum absolute atomic E-state index is 0.0305. The van der Waals surface area contributed by atoms with Gasteiger partial charge in [0.25, 0.3) is 0 Å². The summed E-state index contributed by atoms with van der Waals surface area (Å²) in [4.78, 5) is 16.1. The van der Waals surface area contributed by atoms with Crippen molar-refractivity contribution >= 4 is 34.8 Å². The number of amides is 1. The molecule has 0 aliphatic carbocycles. The monoisotopic (exact) mass is 379 g/mol. The van der Waals surface area contributed by atoms with E-state index in [1.165, 1.54) is 6.20 Å². The quantitative estimate of drug-likeness (QED) is 0.774. The third-order valence-corrected chi connectivity index (χ3v) is 4.55. The first-order valence-corrected chi connectivity index (χ1v) is 8.95. The lowest BCUT2D eigenvalue weighted by molar-refractivity contribution is -0.116. The second-order valence-corrected chi connectivity index (χ2v) is 6.86. The van der Waals surface area contributed by atoms with Crippen LogP contribution in [0.25, 0.3) is 0 Å². The Morgan fingerprint density at radius 2 is 2.12 bits per heavy atom. The molecule has 1 amide bonds.